The number of aryl methyl sites for hydroxylation is 1. The zero-order chi connectivity index (χ0) is 9.42. The largest absolute Gasteiger partial charge is 0.399 e. The molecule has 1 aromatic rings. The van der Waals surface area contributed by atoms with E-state index < -0.39 is 0 Å². The Balaban J connectivity index is 2.56. The number of hydrogen-bond acceptors (Lipinski definition) is 2. The molecule has 0 bridgehead atoms. The van der Waals surface area contributed by atoms with Crippen LogP contribution in [0.5, 0.6) is 0 Å². The summed E-state index contributed by atoms with van der Waals surface area (Å²) in [5.74, 6) is 0. The van der Waals surface area contributed by atoms with E-state index >= 15 is 0 Å². The summed E-state index contributed by atoms with van der Waals surface area (Å²) in [5.41, 5.74) is 14.7. The van der Waals surface area contributed by atoms with Gasteiger partial charge in [-0.15, -0.1) is 0 Å². The molecule has 0 radical (unpaired) electrons. The first kappa shape index (κ1) is 8.85. The predicted octanol–water partition coefficient (Wildman–Crippen LogP) is 2.26. The van der Waals surface area contributed by atoms with Gasteiger partial charge in [0.1, 0.15) is 0 Å². The number of nitrogens with two attached hydrogens (primary N) is 2. The molecular formula is C10H13ClN2. The van der Waals surface area contributed by atoms with Gasteiger partial charge < -0.3 is 11.5 Å². The third kappa shape index (κ3) is 1.52. The number of fused-ring (bicyclic) bond motifs is 1. The summed E-state index contributed by atoms with van der Waals surface area (Å²) in [5, 5.41) is 0.724. The molecule has 70 valence electrons. The molecule has 0 amide bonds. The fourth-order valence-electron chi connectivity index (χ4n) is 1.98. The second-order valence-corrected chi connectivity index (χ2v) is 3.98. The summed E-state index contributed by atoms with van der Waals surface area (Å²) in [7, 11) is 0. The molecule has 0 saturated carbocycles. The maximum Gasteiger partial charge on any atom is 0.0476 e. The minimum absolute atomic E-state index is 0.0943. The van der Waals surface area contributed by atoms with E-state index in [-0.39, 0.29) is 6.04 Å². The van der Waals surface area contributed by atoms with Crippen LogP contribution in [0.15, 0.2) is 12.1 Å². The molecule has 1 aliphatic carbocycles. The lowest BCUT2D eigenvalue weighted by Gasteiger charge is -2.23. The highest BCUT2D eigenvalue weighted by molar-refractivity contribution is 6.31. The molecule has 0 saturated heterocycles. The van der Waals surface area contributed by atoms with Crippen molar-refractivity contribution in [2.45, 2.75) is 25.3 Å². The molecule has 1 aromatic carbocycles. The fraction of sp³-hybridized carbons (Fsp3) is 0.400. The lowest BCUT2D eigenvalue weighted by molar-refractivity contribution is 0.571. The van der Waals surface area contributed by atoms with Crippen LogP contribution in [0.25, 0.3) is 0 Å². The Morgan fingerprint density at radius 2 is 2.15 bits per heavy atom. The van der Waals surface area contributed by atoms with Gasteiger partial charge in [-0.2, -0.15) is 0 Å². The zero-order valence-corrected chi connectivity index (χ0v) is 8.14. The molecule has 2 rings (SSSR count). The van der Waals surface area contributed by atoms with Crippen molar-refractivity contribution in [3.63, 3.8) is 0 Å². The summed E-state index contributed by atoms with van der Waals surface area (Å²) in [4.78, 5) is 0. The van der Waals surface area contributed by atoms with Gasteiger partial charge in [-0.1, -0.05) is 11.6 Å². The van der Waals surface area contributed by atoms with E-state index in [4.69, 9.17) is 23.1 Å². The third-order valence-electron chi connectivity index (χ3n) is 2.57. The normalized spacial score (nSPS) is 21.2. The van der Waals surface area contributed by atoms with E-state index in [2.05, 4.69) is 0 Å². The van der Waals surface area contributed by atoms with Crippen molar-refractivity contribution in [3.8, 4) is 0 Å². The van der Waals surface area contributed by atoms with Crippen LogP contribution in [0.1, 0.15) is 30.0 Å². The fourth-order valence-corrected chi connectivity index (χ4v) is 2.36. The van der Waals surface area contributed by atoms with Gasteiger partial charge in [-0.05, 0) is 42.5 Å². The lowest BCUT2D eigenvalue weighted by Crippen LogP contribution is -2.18. The maximum absolute atomic E-state index is 6.08. The van der Waals surface area contributed by atoms with Crippen LogP contribution >= 0.6 is 11.6 Å². The number of rotatable bonds is 0. The average molecular weight is 197 g/mol. The number of halogens is 1. The Hall–Kier alpha value is -0.730. The van der Waals surface area contributed by atoms with Gasteiger partial charge >= 0.3 is 0 Å². The van der Waals surface area contributed by atoms with Gasteiger partial charge in [0.15, 0.2) is 0 Å². The summed E-state index contributed by atoms with van der Waals surface area (Å²) < 4.78 is 0. The Labute approximate surface area is 82.9 Å². The van der Waals surface area contributed by atoms with Gasteiger partial charge in [0.2, 0.25) is 0 Å². The second kappa shape index (κ2) is 3.20. The smallest absolute Gasteiger partial charge is 0.0476 e. The van der Waals surface area contributed by atoms with Gasteiger partial charge in [-0.3, -0.25) is 0 Å². The summed E-state index contributed by atoms with van der Waals surface area (Å²) >= 11 is 6.08. The predicted molar refractivity (Wildman–Crippen MR) is 55.7 cm³/mol. The SMILES string of the molecule is Nc1cc(Cl)c2c(c1)CCC[C@@H]2N. The van der Waals surface area contributed by atoms with Crippen LogP contribution < -0.4 is 11.5 Å². The van der Waals surface area contributed by atoms with Crippen LogP contribution in [0.2, 0.25) is 5.02 Å². The minimum atomic E-state index is 0.0943. The van der Waals surface area contributed by atoms with E-state index in [0.717, 1.165) is 35.5 Å². The number of hydrogen-bond donors (Lipinski definition) is 2. The van der Waals surface area contributed by atoms with Gasteiger partial charge in [0.25, 0.3) is 0 Å². The van der Waals surface area contributed by atoms with Crippen LogP contribution in [0, 0.1) is 0 Å². The first-order valence-corrected chi connectivity index (χ1v) is 4.89. The van der Waals surface area contributed by atoms with E-state index in [1.165, 1.54) is 5.56 Å². The molecule has 0 spiro atoms. The Morgan fingerprint density at radius 1 is 1.38 bits per heavy atom. The Kier molecular flexibility index (Phi) is 2.18. The van der Waals surface area contributed by atoms with E-state index in [1.807, 2.05) is 6.07 Å². The highest BCUT2D eigenvalue weighted by Crippen LogP contribution is 2.34. The molecule has 0 aromatic heterocycles. The first-order chi connectivity index (χ1) is 6.18. The standard InChI is InChI=1S/C10H13ClN2/c11-8-5-7(12)4-6-2-1-3-9(13)10(6)8/h4-5,9H,1-3,12-13H2/t9-/m0/s1. The van der Waals surface area contributed by atoms with Crippen LogP contribution in [-0.2, 0) is 6.42 Å². The molecule has 1 aliphatic rings. The van der Waals surface area contributed by atoms with Crippen molar-refractivity contribution in [3.05, 3.63) is 28.3 Å². The number of anilines is 1. The first-order valence-electron chi connectivity index (χ1n) is 4.52. The Bertz CT molecular complexity index is 336. The van der Waals surface area contributed by atoms with E-state index in [9.17, 15) is 0 Å². The zero-order valence-electron chi connectivity index (χ0n) is 7.39. The molecule has 1 atom stereocenters. The molecule has 0 unspecified atom stereocenters. The molecule has 0 aliphatic heterocycles. The second-order valence-electron chi connectivity index (χ2n) is 3.57. The Morgan fingerprint density at radius 3 is 2.92 bits per heavy atom. The van der Waals surface area contributed by atoms with E-state index in [1.54, 1.807) is 6.07 Å². The quantitative estimate of drug-likeness (QED) is 0.626. The molecule has 4 N–H and O–H groups in total. The highest BCUT2D eigenvalue weighted by atomic mass is 35.5. The highest BCUT2D eigenvalue weighted by Gasteiger charge is 2.19. The van der Waals surface area contributed by atoms with Gasteiger partial charge in [-0.25, -0.2) is 0 Å². The maximum atomic E-state index is 6.08. The van der Waals surface area contributed by atoms with Crippen molar-refractivity contribution in [2.24, 2.45) is 5.73 Å². The number of nitrogen functional groups attached to an aromatic ring is 1. The van der Waals surface area contributed by atoms with Crippen molar-refractivity contribution in [1.82, 2.24) is 0 Å². The van der Waals surface area contributed by atoms with E-state index in [0.29, 0.717) is 0 Å². The van der Waals surface area contributed by atoms with Gasteiger partial charge in [0.05, 0.1) is 0 Å². The summed E-state index contributed by atoms with van der Waals surface area (Å²) in [6.07, 6.45) is 3.21. The van der Waals surface area contributed by atoms with Crippen LogP contribution in [-0.4, -0.2) is 0 Å². The minimum Gasteiger partial charge on any atom is -0.399 e. The van der Waals surface area contributed by atoms with Crippen molar-refractivity contribution in [2.75, 3.05) is 5.73 Å². The summed E-state index contributed by atoms with van der Waals surface area (Å²) in [6.45, 7) is 0. The monoisotopic (exact) mass is 196 g/mol. The van der Waals surface area contributed by atoms with Crippen molar-refractivity contribution in [1.29, 1.82) is 0 Å². The number of benzene rings is 1. The average Bonchev–Trinajstić information content (AvgIpc) is 2.02. The third-order valence-corrected chi connectivity index (χ3v) is 2.88. The molecule has 0 heterocycles. The van der Waals surface area contributed by atoms with Gasteiger partial charge in [0, 0.05) is 16.8 Å². The topological polar surface area (TPSA) is 52.0 Å². The van der Waals surface area contributed by atoms with Crippen LogP contribution in [0.4, 0.5) is 5.69 Å². The molecule has 13 heavy (non-hydrogen) atoms. The molecular weight excluding hydrogens is 184 g/mol. The molecule has 3 heteroatoms. The molecule has 2 nitrogen and oxygen atoms in total. The molecule has 0 fully saturated rings. The van der Waals surface area contributed by atoms with Crippen molar-refractivity contribution < 1.29 is 0 Å². The lowest BCUT2D eigenvalue weighted by atomic mass is 9.88. The summed E-state index contributed by atoms with van der Waals surface area (Å²) in [6, 6.07) is 3.86. The van der Waals surface area contributed by atoms with Crippen molar-refractivity contribution >= 4 is 17.3 Å². The van der Waals surface area contributed by atoms with Crippen LogP contribution in [0.3, 0.4) is 0 Å².